The van der Waals surface area contributed by atoms with Crippen LogP contribution in [0, 0.1) is 17.0 Å². The molecule has 0 radical (unpaired) electrons. The predicted octanol–water partition coefficient (Wildman–Crippen LogP) is 2.13. The van der Waals surface area contributed by atoms with Crippen LogP contribution in [0.4, 0.5) is 5.82 Å². The largest absolute Gasteiger partial charge is 0.358 e. The highest BCUT2D eigenvalue weighted by atomic mass is 35.5. The number of aryl methyl sites for hydroxylation is 1. The van der Waals surface area contributed by atoms with Gasteiger partial charge in [-0.1, -0.05) is 11.6 Å². The van der Waals surface area contributed by atoms with Crippen LogP contribution in [0.15, 0.2) is 18.3 Å². The fourth-order valence-corrected chi connectivity index (χ4v) is 2.66. The van der Waals surface area contributed by atoms with Gasteiger partial charge in [0.15, 0.2) is 12.4 Å². The third-order valence-corrected chi connectivity index (χ3v) is 3.84. The van der Waals surface area contributed by atoms with Crippen LogP contribution < -0.4 is 5.32 Å². The van der Waals surface area contributed by atoms with Gasteiger partial charge in [0.1, 0.15) is 6.20 Å². The van der Waals surface area contributed by atoms with Crippen molar-refractivity contribution in [3.05, 3.63) is 43.5 Å². The Bertz CT molecular complexity index is 652. The van der Waals surface area contributed by atoms with Crippen LogP contribution in [0.1, 0.15) is 10.7 Å². The maximum Gasteiger partial charge on any atom is 0.343 e. The number of hydrogen-bond donors (Lipinski definition) is 1. The van der Waals surface area contributed by atoms with Crippen LogP contribution in [-0.4, -0.2) is 20.4 Å². The summed E-state index contributed by atoms with van der Waals surface area (Å²) < 4.78 is 1.91. The minimum atomic E-state index is -0.563. The topological polar surface area (TPSA) is 90.1 Å². The summed E-state index contributed by atoms with van der Waals surface area (Å²) in [6.45, 7) is 1.82. The van der Waals surface area contributed by atoms with E-state index in [4.69, 9.17) is 11.6 Å². The Balaban J connectivity index is 1.98. The van der Waals surface area contributed by atoms with Gasteiger partial charge in [0.2, 0.25) is 0 Å². The molecular formula is C11H11ClN4O3S. The molecule has 0 aromatic carbocycles. The Morgan fingerprint density at radius 2 is 2.35 bits per heavy atom. The molecule has 7 nitrogen and oxygen atoms in total. The van der Waals surface area contributed by atoms with Crippen molar-refractivity contribution in [3.8, 4) is 0 Å². The first kappa shape index (κ1) is 14.5. The van der Waals surface area contributed by atoms with Crippen LogP contribution in [0.2, 0.25) is 4.34 Å². The first-order valence-corrected chi connectivity index (χ1v) is 6.84. The van der Waals surface area contributed by atoms with E-state index < -0.39 is 4.92 Å². The molecule has 106 valence electrons. The van der Waals surface area contributed by atoms with Gasteiger partial charge in [-0.15, -0.1) is 11.3 Å². The molecule has 1 N–H and O–H groups in total. The second-order valence-corrected chi connectivity index (χ2v) is 5.79. The van der Waals surface area contributed by atoms with Gasteiger partial charge in [0.05, 0.1) is 10.9 Å². The van der Waals surface area contributed by atoms with E-state index in [1.54, 1.807) is 13.0 Å². The van der Waals surface area contributed by atoms with Crippen molar-refractivity contribution in [3.63, 3.8) is 0 Å². The van der Waals surface area contributed by atoms with E-state index in [0.717, 1.165) is 11.1 Å². The lowest BCUT2D eigenvalue weighted by atomic mass is 10.4. The zero-order valence-electron chi connectivity index (χ0n) is 10.5. The monoisotopic (exact) mass is 314 g/mol. The molecule has 0 unspecified atom stereocenters. The molecule has 2 heterocycles. The number of hydrogen-bond acceptors (Lipinski definition) is 5. The average Bonchev–Trinajstić information content (AvgIpc) is 2.94. The maximum atomic E-state index is 11.8. The number of nitrogens with zero attached hydrogens (tertiary/aromatic N) is 3. The number of nitro groups is 1. The number of thiophene rings is 1. The van der Waals surface area contributed by atoms with Crippen LogP contribution in [0.5, 0.6) is 0 Å². The fraction of sp³-hybridized carbons (Fsp3) is 0.273. The highest BCUT2D eigenvalue weighted by Crippen LogP contribution is 2.21. The molecule has 0 aliphatic carbocycles. The number of carbonyl (C=O) groups is 1. The first-order valence-electron chi connectivity index (χ1n) is 5.65. The molecule has 0 saturated carbocycles. The van der Waals surface area contributed by atoms with Gasteiger partial charge in [-0.2, -0.15) is 0 Å². The molecule has 0 spiro atoms. The molecule has 2 rings (SSSR count). The number of carbonyl (C=O) groups excluding carboxylic acids is 1. The van der Waals surface area contributed by atoms with Crippen molar-refractivity contribution < 1.29 is 9.72 Å². The summed E-state index contributed by atoms with van der Waals surface area (Å²) in [4.78, 5) is 26.8. The maximum absolute atomic E-state index is 11.8. The van der Waals surface area contributed by atoms with Gasteiger partial charge in [-0.3, -0.25) is 4.79 Å². The summed E-state index contributed by atoms with van der Waals surface area (Å²) in [5, 5.41) is 13.5. The van der Waals surface area contributed by atoms with Crippen molar-refractivity contribution >= 4 is 34.7 Å². The number of imidazole rings is 1. The Kier molecular flexibility index (Phi) is 4.35. The SMILES string of the molecule is Cc1ncc([N+](=O)[O-])n1CC(=O)NCc1ccc(Cl)s1. The Morgan fingerprint density at radius 3 is 2.95 bits per heavy atom. The summed E-state index contributed by atoms with van der Waals surface area (Å²) in [6.07, 6.45) is 1.14. The molecule has 0 saturated heterocycles. The van der Waals surface area contributed by atoms with E-state index in [0.29, 0.717) is 16.7 Å². The van der Waals surface area contributed by atoms with Gasteiger partial charge in [0, 0.05) is 11.8 Å². The predicted molar refractivity (Wildman–Crippen MR) is 74.8 cm³/mol. The second-order valence-electron chi connectivity index (χ2n) is 3.99. The van der Waals surface area contributed by atoms with E-state index in [1.165, 1.54) is 15.9 Å². The molecule has 0 aliphatic heterocycles. The lowest BCUT2D eigenvalue weighted by molar-refractivity contribution is -0.392. The molecule has 2 aromatic heterocycles. The lowest BCUT2D eigenvalue weighted by Crippen LogP contribution is -2.27. The molecule has 9 heteroatoms. The van der Waals surface area contributed by atoms with Gasteiger partial charge in [-0.05, 0) is 17.1 Å². The van der Waals surface area contributed by atoms with E-state index in [-0.39, 0.29) is 18.3 Å². The summed E-state index contributed by atoms with van der Waals surface area (Å²) in [5.41, 5.74) is 0. The number of nitrogens with one attached hydrogen (secondary N) is 1. The number of aromatic nitrogens is 2. The van der Waals surface area contributed by atoms with E-state index in [9.17, 15) is 14.9 Å². The smallest absolute Gasteiger partial charge is 0.343 e. The van der Waals surface area contributed by atoms with Crippen LogP contribution >= 0.6 is 22.9 Å². The highest BCUT2D eigenvalue weighted by molar-refractivity contribution is 7.16. The second kappa shape index (κ2) is 6.02. The Morgan fingerprint density at radius 1 is 1.60 bits per heavy atom. The van der Waals surface area contributed by atoms with Crippen LogP contribution in [0.25, 0.3) is 0 Å². The summed E-state index contributed by atoms with van der Waals surface area (Å²) in [6, 6.07) is 3.57. The number of halogens is 1. The zero-order chi connectivity index (χ0) is 14.7. The quantitative estimate of drug-likeness (QED) is 0.676. The molecular weight excluding hydrogens is 304 g/mol. The standard InChI is InChI=1S/C11H11ClN4O3S/c1-7-13-5-11(16(18)19)15(7)6-10(17)14-4-8-2-3-9(12)20-8/h2-3,5H,4,6H2,1H3,(H,14,17). The van der Waals surface area contributed by atoms with E-state index in [1.807, 2.05) is 6.07 Å². The third-order valence-electron chi connectivity index (χ3n) is 2.61. The molecule has 1 amide bonds. The molecule has 0 atom stereocenters. The van der Waals surface area contributed by atoms with Crippen molar-refractivity contribution in [1.82, 2.24) is 14.9 Å². The van der Waals surface area contributed by atoms with Gasteiger partial charge in [0.25, 0.3) is 5.91 Å². The van der Waals surface area contributed by atoms with Crippen LogP contribution in [0.3, 0.4) is 0 Å². The van der Waals surface area contributed by atoms with Crippen LogP contribution in [-0.2, 0) is 17.9 Å². The lowest BCUT2D eigenvalue weighted by Gasteiger charge is -2.04. The average molecular weight is 315 g/mol. The summed E-state index contributed by atoms with van der Waals surface area (Å²) in [5.74, 6) is -0.0958. The highest BCUT2D eigenvalue weighted by Gasteiger charge is 2.19. The molecule has 0 fully saturated rings. The normalized spacial score (nSPS) is 10.5. The fourth-order valence-electron chi connectivity index (χ4n) is 1.63. The summed E-state index contributed by atoms with van der Waals surface area (Å²) >= 11 is 7.16. The minimum absolute atomic E-state index is 0.138. The molecule has 0 aliphatic rings. The molecule has 20 heavy (non-hydrogen) atoms. The zero-order valence-corrected chi connectivity index (χ0v) is 12.1. The number of amides is 1. The minimum Gasteiger partial charge on any atom is -0.358 e. The van der Waals surface area contributed by atoms with Crippen molar-refractivity contribution in [2.75, 3.05) is 0 Å². The van der Waals surface area contributed by atoms with E-state index >= 15 is 0 Å². The van der Waals surface area contributed by atoms with E-state index in [2.05, 4.69) is 10.3 Å². The first-order chi connectivity index (χ1) is 9.47. The summed E-state index contributed by atoms with van der Waals surface area (Å²) in [7, 11) is 0. The van der Waals surface area contributed by atoms with Crippen molar-refractivity contribution in [1.29, 1.82) is 0 Å². The van der Waals surface area contributed by atoms with Gasteiger partial charge < -0.3 is 15.4 Å². The van der Waals surface area contributed by atoms with Crippen molar-refractivity contribution in [2.24, 2.45) is 0 Å². The van der Waals surface area contributed by atoms with Crippen molar-refractivity contribution in [2.45, 2.75) is 20.0 Å². The van der Waals surface area contributed by atoms with Gasteiger partial charge in [-0.25, -0.2) is 9.55 Å². The molecule has 2 aromatic rings. The Hall–Kier alpha value is -1.93. The van der Waals surface area contributed by atoms with Gasteiger partial charge >= 0.3 is 5.82 Å². The third kappa shape index (κ3) is 3.34. The molecule has 0 bridgehead atoms. The number of rotatable bonds is 5. The Labute approximate surface area is 123 Å².